The third-order valence-corrected chi connectivity index (χ3v) is 5.64. The second-order valence-electron chi connectivity index (χ2n) is 8.67. The van der Waals surface area contributed by atoms with Crippen molar-refractivity contribution in [3.8, 4) is 39.7 Å². The number of carbonyl (C=O) groups is 1. The molecule has 0 atom stereocenters. The predicted molar refractivity (Wildman–Crippen MR) is 133 cm³/mol. The Morgan fingerprint density at radius 3 is 2.34 bits per heavy atom. The number of ether oxygens (including phenoxy) is 3. The summed E-state index contributed by atoms with van der Waals surface area (Å²) in [6.07, 6.45) is 1.70. The largest absolute Gasteiger partial charge is 0.493 e. The van der Waals surface area contributed by atoms with E-state index in [9.17, 15) is 9.90 Å². The van der Waals surface area contributed by atoms with E-state index in [4.69, 9.17) is 18.6 Å². The van der Waals surface area contributed by atoms with Crippen LogP contribution in [0.5, 0.6) is 17.2 Å². The van der Waals surface area contributed by atoms with Crippen LogP contribution in [0.3, 0.4) is 0 Å². The van der Waals surface area contributed by atoms with Gasteiger partial charge in [0.1, 0.15) is 11.3 Å². The number of furan rings is 1. The molecule has 0 radical (unpaired) electrons. The lowest BCUT2D eigenvalue weighted by Gasteiger charge is -2.23. The monoisotopic (exact) mass is 476 g/mol. The van der Waals surface area contributed by atoms with Crippen LogP contribution in [0.4, 0.5) is 0 Å². The summed E-state index contributed by atoms with van der Waals surface area (Å²) < 4.78 is 22.6. The summed E-state index contributed by atoms with van der Waals surface area (Å²) in [7, 11) is 4.67. The van der Waals surface area contributed by atoms with Gasteiger partial charge in [-0.25, -0.2) is 0 Å². The summed E-state index contributed by atoms with van der Waals surface area (Å²) in [5.41, 5.74) is 3.34. The fourth-order valence-corrected chi connectivity index (χ4v) is 3.78. The van der Waals surface area contributed by atoms with Gasteiger partial charge >= 0.3 is 0 Å². The smallest absolute Gasteiger partial charge is 0.251 e. The van der Waals surface area contributed by atoms with Gasteiger partial charge in [-0.05, 0) is 49.7 Å². The Bertz CT molecular complexity index is 1350. The van der Waals surface area contributed by atoms with Crippen molar-refractivity contribution in [1.82, 2.24) is 10.3 Å². The van der Waals surface area contributed by atoms with Gasteiger partial charge in [0.2, 0.25) is 5.75 Å². The molecule has 0 aliphatic carbocycles. The first-order chi connectivity index (χ1) is 16.8. The summed E-state index contributed by atoms with van der Waals surface area (Å²) in [6.45, 7) is 3.35. The second kappa shape index (κ2) is 9.68. The number of aliphatic hydroxyl groups is 1. The number of fused-ring (bicyclic) bond motifs is 1. The fraction of sp³-hybridized carbons (Fsp3) is 0.259. The van der Waals surface area contributed by atoms with Gasteiger partial charge in [0.15, 0.2) is 17.1 Å². The molecule has 8 nitrogen and oxygen atoms in total. The van der Waals surface area contributed by atoms with Crippen molar-refractivity contribution in [3.05, 3.63) is 60.3 Å². The molecule has 2 aromatic heterocycles. The SMILES string of the molecule is COc1cc(-c2cc3nccc(-c4cccc(C(=O)NC(C)(C)CO)c4)c3o2)cc(OC)c1OC. The number of nitrogens with one attached hydrogen (secondary N) is 1. The first-order valence-corrected chi connectivity index (χ1v) is 11.0. The van der Waals surface area contributed by atoms with Crippen LogP contribution in [0, 0.1) is 0 Å². The van der Waals surface area contributed by atoms with E-state index >= 15 is 0 Å². The van der Waals surface area contributed by atoms with Gasteiger partial charge in [-0.15, -0.1) is 0 Å². The molecule has 2 aromatic carbocycles. The molecule has 0 fully saturated rings. The van der Waals surface area contributed by atoms with Crippen LogP contribution in [0.1, 0.15) is 24.2 Å². The zero-order chi connectivity index (χ0) is 25.2. The van der Waals surface area contributed by atoms with Crippen molar-refractivity contribution < 1.29 is 28.5 Å². The van der Waals surface area contributed by atoms with E-state index in [1.54, 1.807) is 53.5 Å². The minimum atomic E-state index is -0.729. The van der Waals surface area contributed by atoms with Gasteiger partial charge in [-0.3, -0.25) is 9.78 Å². The number of methoxy groups -OCH3 is 3. The zero-order valence-corrected chi connectivity index (χ0v) is 20.3. The summed E-state index contributed by atoms with van der Waals surface area (Å²) in [5.74, 6) is 1.83. The molecule has 2 heterocycles. The molecule has 35 heavy (non-hydrogen) atoms. The van der Waals surface area contributed by atoms with Crippen LogP contribution in [0.15, 0.2) is 59.1 Å². The van der Waals surface area contributed by atoms with Crippen molar-refractivity contribution in [1.29, 1.82) is 0 Å². The first kappa shape index (κ1) is 24.1. The van der Waals surface area contributed by atoms with Gasteiger partial charge in [-0.2, -0.15) is 0 Å². The Hall–Kier alpha value is -4.04. The minimum absolute atomic E-state index is 0.167. The van der Waals surface area contributed by atoms with Crippen LogP contribution in [-0.2, 0) is 0 Å². The number of carbonyl (C=O) groups excluding carboxylic acids is 1. The highest BCUT2D eigenvalue weighted by Gasteiger charge is 2.21. The first-order valence-electron chi connectivity index (χ1n) is 11.0. The number of amides is 1. The fourth-order valence-electron chi connectivity index (χ4n) is 3.78. The topological polar surface area (TPSA) is 103 Å². The van der Waals surface area contributed by atoms with E-state index in [2.05, 4.69) is 10.3 Å². The summed E-state index contributed by atoms with van der Waals surface area (Å²) in [4.78, 5) is 17.2. The number of rotatable bonds is 8. The molecule has 0 unspecified atom stereocenters. The molecule has 1 amide bonds. The average molecular weight is 477 g/mol. The van der Waals surface area contributed by atoms with Crippen LogP contribution >= 0.6 is 0 Å². The van der Waals surface area contributed by atoms with Crippen molar-refractivity contribution in [2.75, 3.05) is 27.9 Å². The van der Waals surface area contributed by atoms with E-state index in [1.165, 1.54) is 0 Å². The van der Waals surface area contributed by atoms with Gasteiger partial charge < -0.3 is 29.1 Å². The van der Waals surface area contributed by atoms with Crippen LogP contribution in [0.2, 0.25) is 0 Å². The van der Waals surface area contributed by atoms with Crippen molar-refractivity contribution in [3.63, 3.8) is 0 Å². The maximum absolute atomic E-state index is 12.7. The van der Waals surface area contributed by atoms with E-state index < -0.39 is 5.54 Å². The van der Waals surface area contributed by atoms with Crippen LogP contribution in [0.25, 0.3) is 33.6 Å². The predicted octanol–water partition coefficient (Wildman–Crippen LogP) is 4.69. The number of benzene rings is 2. The van der Waals surface area contributed by atoms with E-state index in [1.807, 2.05) is 36.4 Å². The Kier molecular flexibility index (Phi) is 6.66. The lowest BCUT2D eigenvalue weighted by atomic mass is 10.0. The third kappa shape index (κ3) is 4.79. The number of nitrogens with zero attached hydrogens (tertiary/aromatic N) is 1. The van der Waals surface area contributed by atoms with Crippen molar-refractivity contribution in [2.24, 2.45) is 0 Å². The Balaban J connectivity index is 1.77. The number of hydrogen-bond acceptors (Lipinski definition) is 7. The highest BCUT2D eigenvalue weighted by atomic mass is 16.5. The standard InChI is InChI=1S/C27H28N2O6/c1-27(2,15-30)29-26(31)17-8-6-7-16(11-17)19-9-10-28-20-14-21(35-24(19)20)18-12-22(32-3)25(34-5)23(13-18)33-4/h6-14,30H,15H2,1-5H3,(H,29,31). The molecule has 0 aliphatic rings. The molecule has 182 valence electrons. The molecule has 0 saturated carbocycles. The lowest BCUT2D eigenvalue weighted by molar-refractivity contribution is 0.0869. The Morgan fingerprint density at radius 1 is 1.00 bits per heavy atom. The summed E-state index contributed by atoms with van der Waals surface area (Å²) in [5, 5.41) is 12.3. The molecular weight excluding hydrogens is 448 g/mol. The molecule has 0 bridgehead atoms. The van der Waals surface area contributed by atoms with Crippen molar-refractivity contribution in [2.45, 2.75) is 19.4 Å². The Labute approximate surface area is 203 Å². The summed E-state index contributed by atoms with van der Waals surface area (Å²) in [6, 6.07) is 14.6. The average Bonchev–Trinajstić information content (AvgIpc) is 3.32. The molecular formula is C27H28N2O6. The quantitative estimate of drug-likeness (QED) is 0.380. The maximum atomic E-state index is 12.7. The lowest BCUT2D eigenvalue weighted by Crippen LogP contribution is -2.46. The summed E-state index contributed by atoms with van der Waals surface area (Å²) >= 11 is 0. The van der Waals surface area contributed by atoms with E-state index in [0.29, 0.717) is 39.7 Å². The molecule has 4 aromatic rings. The zero-order valence-electron chi connectivity index (χ0n) is 20.3. The van der Waals surface area contributed by atoms with Gasteiger partial charge in [0, 0.05) is 29.0 Å². The second-order valence-corrected chi connectivity index (χ2v) is 8.67. The number of pyridine rings is 1. The number of aliphatic hydroxyl groups excluding tert-OH is 1. The van der Waals surface area contributed by atoms with Crippen LogP contribution < -0.4 is 19.5 Å². The highest BCUT2D eigenvalue weighted by molar-refractivity contribution is 5.98. The van der Waals surface area contributed by atoms with Gasteiger partial charge in [0.25, 0.3) is 5.91 Å². The van der Waals surface area contributed by atoms with E-state index in [0.717, 1.165) is 16.7 Å². The highest BCUT2D eigenvalue weighted by Crippen LogP contribution is 2.42. The number of aromatic nitrogens is 1. The van der Waals surface area contributed by atoms with Crippen LogP contribution in [-0.4, -0.2) is 49.5 Å². The van der Waals surface area contributed by atoms with E-state index in [-0.39, 0.29) is 12.5 Å². The van der Waals surface area contributed by atoms with Crippen molar-refractivity contribution >= 4 is 17.0 Å². The molecule has 2 N–H and O–H groups in total. The normalized spacial score (nSPS) is 11.4. The third-order valence-electron chi connectivity index (χ3n) is 5.64. The molecule has 0 saturated heterocycles. The maximum Gasteiger partial charge on any atom is 0.251 e. The number of hydrogen-bond donors (Lipinski definition) is 2. The molecule has 4 rings (SSSR count). The Morgan fingerprint density at radius 2 is 1.71 bits per heavy atom. The molecule has 0 spiro atoms. The minimum Gasteiger partial charge on any atom is -0.493 e. The molecule has 0 aliphatic heterocycles. The van der Waals surface area contributed by atoms with Gasteiger partial charge in [-0.1, -0.05) is 12.1 Å². The van der Waals surface area contributed by atoms with Gasteiger partial charge in [0.05, 0.1) is 33.5 Å². The molecule has 8 heteroatoms.